The van der Waals surface area contributed by atoms with Gasteiger partial charge in [-0.25, -0.2) is 9.69 Å². The van der Waals surface area contributed by atoms with Gasteiger partial charge in [-0.3, -0.25) is 14.9 Å². The van der Waals surface area contributed by atoms with E-state index in [-0.39, 0.29) is 29.7 Å². The van der Waals surface area contributed by atoms with Crippen molar-refractivity contribution in [1.82, 2.24) is 5.32 Å². The average molecular weight is 507 g/mol. The van der Waals surface area contributed by atoms with E-state index in [1.54, 1.807) is 18.2 Å². The number of methoxy groups -OCH3 is 1. The first-order chi connectivity index (χ1) is 17.4. The van der Waals surface area contributed by atoms with Gasteiger partial charge in [0.15, 0.2) is 23.0 Å². The molecule has 36 heavy (non-hydrogen) atoms. The van der Waals surface area contributed by atoms with Crippen LogP contribution in [-0.4, -0.2) is 31.7 Å². The van der Waals surface area contributed by atoms with Gasteiger partial charge in [0, 0.05) is 6.07 Å². The Hall–Kier alpha value is -4.50. The van der Waals surface area contributed by atoms with Crippen LogP contribution in [0.4, 0.5) is 10.5 Å². The van der Waals surface area contributed by atoms with E-state index < -0.39 is 17.8 Å². The molecule has 0 spiro atoms. The fraction of sp³-hybridized carbons (Fsp3) is 0.115. The molecule has 2 aliphatic heterocycles. The normalized spacial score (nSPS) is 15.8. The number of carbonyl (C=O) groups is 3. The Morgan fingerprint density at radius 3 is 2.58 bits per heavy atom. The van der Waals surface area contributed by atoms with Crippen molar-refractivity contribution in [2.24, 2.45) is 0 Å². The highest BCUT2D eigenvalue weighted by Gasteiger charge is 2.37. The second kappa shape index (κ2) is 9.63. The van der Waals surface area contributed by atoms with E-state index in [9.17, 15) is 14.4 Å². The van der Waals surface area contributed by atoms with Gasteiger partial charge < -0.3 is 18.9 Å². The van der Waals surface area contributed by atoms with Crippen LogP contribution in [0.2, 0.25) is 5.02 Å². The van der Waals surface area contributed by atoms with Crippen molar-refractivity contribution in [2.75, 3.05) is 18.8 Å². The first-order valence-corrected chi connectivity index (χ1v) is 11.2. The van der Waals surface area contributed by atoms with Gasteiger partial charge in [0.25, 0.3) is 11.8 Å². The fourth-order valence-electron chi connectivity index (χ4n) is 3.78. The van der Waals surface area contributed by atoms with Crippen molar-refractivity contribution < 1.29 is 33.3 Å². The molecule has 0 aliphatic carbocycles. The van der Waals surface area contributed by atoms with Crippen molar-refractivity contribution in [3.63, 3.8) is 0 Å². The molecule has 5 rings (SSSR count). The minimum atomic E-state index is -0.874. The Morgan fingerprint density at radius 1 is 1.03 bits per heavy atom. The maximum Gasteiger partial charge on any atom is 0.335 e. The predicted molar refractivity (Wildman–Crippen MR) is 130 cm³/mol. The molecule has 9 nitrogen and oxygen atoms in total. The zero-order valence-corrected chi connectivity index (χ0v) is 19.7. The van der Waals surface area contributed by atoms with Crippen molar-refractivity contribution in [2.45, 2.75) is 6.61 Å². The fourth-order valence-corrected chi connectivity index (χ4v) is 4.05. The lowest BCUT2D eigenvalue weighted by Crippen LogP contribution is -2.54. The first kappa shape index (κ1) is 23.3. The van der Waals surface area contributed by atoms with Crippen LogP contribution < -0.4 is 29.2 Å². The molecule has 182 valence electrons. The molecule has 2 heterocycles. The van der Waals surface area contributed by atoms with Gasteiger partial charge >= 0.3 is 6.03 Å². The Morgan fingerprint density at radius 2 is 1.81 bits per heavy atom. The zero-order chi connectivity index (χ0) is 25.2. The highest BCUT2D eigenvalue weighted by molar-refractivity contribution is 6.39. The zero-order valence-electron chi connectivity index (χ0n) is 18.9. The van der Waals surface area contributed by atoms with Crippen molar-refractivity contribution in [1.29, 1.82) is 0 Å². The Labute approximate surface area is 210 Å². The van der Waals surface area contributed by atoms with Crippen LogP contribution in [0.3, 0.4) is 0 Å². The Bertz CT molecular complexity index is 1400. The minimum absolute atomic E-state index is 0.0379. The van der Waals surface area contributed by atoms with Crippen molar-refractivity contribution in [3.8, 4) is 23.0 Å². The summed E-state index contributed by atoms with van der Waals surface area (Å²) in [6.07, 6.45) is 1.33. The number of benzene rings is 3. The highest BCUT2D eigenvalue weighted by Crippen LogP contribution is 2.39. The van der Waals surface area contributed by atoms with E-state index >= 15 is 0 Å². The van der Waals surface area contributed by atoms with Crippen molar-refractivity contribution >= 4 is 41.2 Å². The van der Waals surface area contributed by atoms with Gasteiger partial charge in [0.05, 0.1) is 17.8 Å². The van der Waals surface area contributed by atoms with Gasteiger partial charge in [-0.2, -0.15) is 0 Å². The van der Waals surface area contributed by atoms with Crippen molar-refractivity contribution in [3.05, 3.63) is 82.4 Å². The third kappa shape index (κ3) is 4.44. The van der Waals surface area contributed by atoms with Crippen LogP contribution in [0, 0.1) is 0 Å². The number of hydrogen-bond acceptors (Lipinski definition) is 7. The molecule has 2 aliphatic rings. The largest absolute Gasteiger partial charge is 0.493 e. The molecule has 1 N–H and O–H groups in total. The van der Waals surface area contributed by atoms with E-state index in [4.69, 9.17) is 30.5 Å². The maximum atomic E-state index is 13.2. The van der Waals surface area contributed by atoms with Crippen LogP contribution >= 0.6 is 11.6 Å². The summed E-state index contributed by atoms with van der Waals surface area (Å²) in [5.74, 6) is -0.118. The van der Waals surface area contributed by atoms with Crippen LogP contribution in [0.15, 0.2) is 66.2 Å². The van der Waals surface area contributed by atoms with Crippen LogP contribution in [0.5, 0.6) is 23.0 Å². The summed E-state index contributed by atoms with van der Waals surface area (Å²) >= 11 is 6.46. The van der Waals surface area contributed by atoms with E-state index in [1.807, 2.05) is 30.3 Å². The number of nitrogens with one attached hydrogen (secondary N) is 1. The smallest absolute Gasteiger partial charge is 0.335 e. The van der Waals surface area contributed by atoms with Gasteiger partial charge in [-0.05, 0) is 41.5 Å². The summed E-state index contributed by atoms with van der Waals surface area (Å²) in [6.45, 7) is 0.307. The number of fused-ring (bicyclic) bond motifs is 1. The standard InChI is InChI=1S/C26H19ClN2O7/c1-33-22-11-16(10-19(27)23(22)34-13-15-5-3-2-4-6-15)9-18-24(30)28-26(32)29(25(18)31)17-7-8-20-21(12-17)36-14-35-20/h2-12H,13-14H2,1H3,(H,28,30,32)/b18-9+. The number of rotatable bonds is 6. The number of hydrogen-bond donors (Lipinski definition) is 1. The number of halogens is 1. The number of nitrogens with zero attached hydrogens (tertiary/aromatic N) is 1. The average Bonchev–Trinajstić information content (AvgIpc) is 3.34. The van der Waals surface area contributed by atoms with E-state index in [0.29, 0.717) is 28.6 Å². The van der Waals surface area contributed by atoms with E-state index in [2.05, 4.69) is 5.32 Å². The second-order valence-corrected chi connectivity index (χ2v) is 8.21. The second-order valence-electron chi connectivity index (χ2n) is 7.80. The summed E-state index contributed by atoms with van der Waals surface area (Å²) < 4.78 is 21.9. The van der Waals surface area contributed by atoms with Crippen LogP contribution in [-0.2, 0) is 16.2 Å². The number of anilines is 1. The van der Waals surface area contributed by atoms with Crippen LogP contribution in [0.25, 0.3) is 6.08 Å². The molecule has 3 aromatic carbocycles. The van der Waals surface area contributed by atoms with Gasteiger partial charge in [0.2, 0.25) is 6.79 Å². The third-order valence-electron chi connectivity index (χ3n) is 5.50. The lowest BCUT2D eigenvalue weighted by atomic mass is 10.1. The third-order valence-corrected chi connectivity index (χ3v) is 5.79. The molecule has 1 fully saturated rings. The molecule has 0 saturated carbocycles. The first-order valence-electron chi connectivity index (χ1n) is 10.8. The lowest BCUT2D eigenvalue weighted by molar-refractivity contribution is -0.122. The molecule has 0 unspecified atom stereocenters. The summed E-state index contributed by atoms with van der Waals surface area (Å²) in [5, 5.41) is 2.41. The highest BCUT2D eigenvalue weighted by atomic mass is 35.5. The molecule has 0 aromatic heterocycles. The molecule has 4 amide bonds. The van der Waals surface area contributed by atoms with E-state index in [0.717, 1.165) is 10.5 Å². The number of ether oxygens (including phenoxy) is 4. The minimum Gasteiger partial charge on any atom is -0.493 e. The summed E-state index contributed by atoms with van der Waals surface area (Å²) in [7, 11) is 1.45. The summed E-state index contributed by atoms with van der Waals surface area (Å²) in [5.41, 5.74) is 1.31. The molecule has 10 heteroatoms. The number of urea groups is 1. The predicted octanol–water partition coefficient (Wildman–Crippen LogP) is 4.32. The quantitative estimate of drug-likeness (QED) is 0.392. The SMILES string of the molecule is COc1cc(/C=C2\C(=O)NC(=O)N(c3ccc4c(c3)OCO4)C2=O)cc(Cl)c1OCc1ccccc1. The molecular weight excluding hydrogens is 488 g/mol. The van der Waals surface area contributed by atoms with Gasteiger partial charge in [-0.15, -0.1) is 0 Å². The summed E-state index contributed by atoms with van der Waals surface area (Å²) in [6, 6.07) is 16.4. The number of barbiturate groups is 1. The Balaban J connectivity index is 1.44. The van der Waals surface area contributed by atoms with Crippen LogP contribution in [0.1, 0.15) is 11.1 Å². The monoisotopic (exact) mass is 506 g/mol. The molecule has 3 aromatic rings. The molecular formula is C26H19ClN2O7. The van der Waals surface area contributed by atoms with Gasteiger partial charge in [-0.1, -0.05) is 41.9 Å². The number of imide groups is 2. The molecule has 0 atom stereocenters. The Kier molecular flexibility index (Phi) is 6.22. The number of carbonyl (C=O) groups excluding carboxylic acids is 3. The lowest BCUT2D eigenvalue weighted by Gasteiger charge is -2.26. The molecule has 0 radical (unpaired) electrons. The van der Waals surface area contributed by atoms with E-state index in [1.165, 1.54) is 25.3 Å². The summed E-state index contributed by atoms with van der Waals surface area (Å²) in [4.78, 5) is 39.2. The maximum absolute atomic E-state index is 13.2. The van der Waals surface area contributed by atoms with Gasteiger partial charge in [0.1, 0.15) is 12.2 Å². The number of amides is 4. The molecule has 1 saturated heterocycles. The molecule has 0 bridgehead atoms. The topological polar surface area (TPSA) is 103 Å².